The monoisotopic (exact) mass is 183 g/mol. The lowest BCUT2D eigenvalue weighted by Crippen LogP contribution is -2.40. The Morgan fingerprint density at radius 3 is 2.62 bits per heavy atom. The highest BCUT2D eigenvalue weighted by molar-refractivity contribution is 6.46. The van der Waals surface area contributed by atoms with Crippen LogP contribution in [0.25, 0.3) is 0 Å². The van der Waals surface area contributed by atoms with Gasteiger partial charge in [0.1, 0.15) is 13.2 Å². The molecule has 0 aliphatic carbocycles. The lowest BCUT2D eigenvalue weighted by Gasteiger charge is -1.99. The maximum atomic E-state index is 10.9. The van der Waals surface area contributed by atoms with Gasteiger partial charge in [0.2, 0.25) is 5.71 Å². The molecule has 0 aliphatic rings. The Morgan fingerprint density at radius 2 is 2.23 bits per heavy atom. The Hall–Kier alpha value is -2.10. The predicted molar refractivity (Wildman–Crippen MR) is 42.1 cm³/mol. The van der Waals surface area contributed by atoms with Crippen molar-refractivity contribution < 1.29 is 14.4 Å². The SMILES string of the molecule is [CH2]NC(=O)NC(=O)/C(C#N)=N\OC. The number of nitrogens with one attached hydrogen (secondary N) is 2. The zero-order chi connectivity index (χ0) is 10.3. The third kappa shape index (κ3) is 3.71. The Balaban J connectivity index is 4.34. The summed E-state index contributed by atoms with van der Waals surface area (Å²) in [7, 11) is 4.17. The van der Waals surface area contributed by atoms with Crippen LogP contribution in [0.1, 0.15) is 0 Å². The minimum absolute atomic E-state index is 0.550. The van der Waals surface area contributed by atoms with E-state index in [-0.39, 0.29) is 0 Å². The van der Waals surface area contributed by atoms with Crippen LogP contribution < -0.4 is 10.6 Å². The van der Waals surface area contributed by atoms with E-state index in [0.717, 1.165) is 0 Å². The normalized spacial score (nSPS) is 9.77. The molecule has 0 heterocycles. The standard InChI is InChI=1S/C6H7N4O3/c1-8-6(12)9-5(11)4(3-7)10-13-2/h1H2,2H3,(H2,8,9,11,12)/b10-4-. The van der Waals surface area contributed by atoms with Gasteiger partial charge in [-0.2, -0.15) is 5.26 Å². The summed E-state index contributed by atoms with van der Waals surface area (Å²) >= 11 is 0. The first-order valence-corrected chi connectivity index (χ1v) is 3.05. The summed E-state index contributed by atoms with van der Waals surface area (Å²) in [5.74, 6) is -0.953. The summed E-state index contributed by atoms with van der Waals surface area (Å²) in [6.07, 6.45) is 0. The fraction of sp³-hybridized carbons (Fsp3) is 0.167. The first-order chi connectivity index (χ1) is 6.15. The molecule has 7 heteroatoms. The molecule has 0 aromatic rings. The highest BCUT2D eigenvalue weighted by atomic mass is 16.6. The lowest BCUT2D eigenvalue weighted by atomic mass is 10.4. The molecule has 7 nitrogen and oxygen atoms in total. The molecule has 0 fully saturated rings. The second kappa shape index (κ2) is 5.54. The van der Waals surface area contributed by atoms with E-state index in [1.54, 1.807) is 5.32 Å². The van der Waals surface area contributed by atoms with E-state index in [2.05, 4.69) is 17.0 Å². The van der Waals surface area contributed by atoms with E-state index < -0.39 is 17.6 Å². The molecule has 1 radical (unpaired) electrons. The van der Waals surface area contributed by atoms with Crippen molar-refractivity contribution in [2.75, 3.05) is 7.11 Å². The number of nitrogens with zero attached hydrogens (tertiary/aromatic N) is 2. The summed E-state index contributed by atoms with van der Waals surface area (Å²) in [6.45, 7) is 0. The molecule has 0 aliphatic heterocycles. The smallest absolute Gasteiger partial charge is 0.321 e. The summed E-state index contributed by atoms with van der Waals surface area (Å²) in [6, 6.07) is 0.615. The molecule has 0 spiro atoms. The molecular formula is C6H7N4O3. The third-order valence-electron chi connectivity index (χ3n) is 0.891. The van der Waals surface area contributed by atoms with Gasteiger partial charge in [-0.3, -0.25) is 10.1 Å². The number of hydrogen-bond donors (Lipinski definition) is 2. The largest absolute Gasteiger partial charge is 0.398 e. The summed E-state index contributed by atoms with van der Waals surface area (Å²) in [5, 5.41) is 15.1. The number of amides is 3. The van der Waals surface area contributed by atoms with Gasteiger partial charge >= 0.3 is 6.03 Å². The van der Waals surface area contributed by atoms with Crippen LogP contribution in [0.15, 0.2) is 5.16 Å². The molecule has 0 bridgehead atoms. The molecule has 0 atom stereocenters. The van der Waals surface area contributed by atoms with Crippen LogP contribution in [0, 0.1) is 18.4 Å². The zero-order valence-corrected chi connectivity index (χ0v) is 6.83. The van der Waals surface area contributed by atoms with Crippen molar-refractivity contribution >= 4 is 17.6 Å². The van der Waals surface area contributed by atoms with Gasteiger partial charge in [-0.05, 0) is 0 Å². The van der Waals surface area contributed by atoms with Gasteiger partial charge in [0.25, 0.3) is 5.91 Å². The minimum atomic E-state index is -0.953. The number of hydrogen-bond acceptors (Lipinski definition) is 5. The van der Waals surface area contributed by atoms with Gasteiger partial charge in [-0.1, -0.05) is 5.16 Å². The highest BCUT2D eigenvalue weighted by Crippen LogP contribution is 1.79. The lowest BCUT2D eigenvalue weighted by molar-refractivity contribution is -0.113. The summed E-state index contributed by atoms with van der Waals surface area (Å²) in [5.41, 5.74) is -0.550. The Kier molecular flexibility index (Phi) is 4.64. The maximum absolute atomic E-state index is 10.9. The van der Waals surface area contributed by atoms with Gasteiger partial charge in [0, 0.05) is 7.05 Å². The molecule has 0 aromatic carbocycles. The number of carbonyl (C=O) groups excluding carboxylic acids is 2. The highest BCUT2D eigenvalue weighted by Gasteiger charge is 2.13. The van der Waals surface area contributed by atoms with Crippen LogP contribution in [0.5, 0.6) is 0 Å². The molecule has 0 unspecified atom stereocenters. The second-order valence-corrected chi connectivity index (χ2v) is 1.69. The molecule has 0 aromatic heterocycles. The Labute approximate surface area is 74.3 Å². The molecular weight excluding hydrogens is 176 g/mol. The average Bonchev–Trinajstić information content (AvgIpc) is 2.13. The molecule has 3 amide bonds. The van der Waals surface area contributed by atoms with Crippen molar-refractivity contribution in [3.05, 3.63) is 7.05 Å². The van der Waals surface area contributed by atoms with E-state index in [1.807, 2.05) is 5.32 Å². The topological polar surface area (TPSA) is 104 Å². The van der Waals surface area contributed by atoms with Crippen LogP contribution in [-0.2, 0) is 9.63 Å². The van der Waals surface area contributed by atoms with Crippen molar-refractivity contribution in [1.82, 2.24) is 10.6 Å². The van der Waals surface area contributed by atoms with Gasteiger partial charge in [-0.25, -0.2) is 4.79 Å². The molecule has 0 rings (SSSR count). The third-order valence-corrected chi connectivity index (χ3v) is 0.891. The van der Waals surface area contributed by atoms with Gasteiger partial charge < -0.3 is 10.2 Å². The maximum Gasteiger partial charge on any atom is 0.321 e. The first-order valence-electron chi connectivity index (χ1n) is 3.05. The number of oxime groups is 1. The van der Waals surface area contributed by atoms with E-state index in [0.29, 0.717) is 0 Å². The van der Waals surface area contributed by atoms with E-state index >= 15 is 0 Å². The van der Waals surface area contributed by atoms with Gasteiger partial charge in [-0.15, -0.1) is 0 Å². The average molecular weight is 183 g/mol. The van der Waals surface area contributed by atoms with Crippen LogP contribution in [0.3, 0.4) is 0 Å². The molecule has 2 N–H and O–H groups in total. The van der Waals surface area contributed by atoms with Gasteiger partial charge in [0.05, 0.1) is 0 Å². The molecule has 13 heavy (non-hydrogen) atoms. The fourth-order valence-corrected chi connectivity index (χ4v) is 0.410. The van der Waals surface area contributed by atoms with Crippen molar-refractivity contribution in [3.63, 3.8) is 0 Å². The van der Waals surface area contributed by atoms with E-state index in [4.69, 9.17) is 5.26 Å². The molecule has 0 saturated heterocycles. The number of carbonyl (C=O) groups is 2. The number of imide groups is 1. The van der Waals surface area contributed by atoms with Crippen molar-refractivity contribution in [1.29, 1.82) is 5.26 Å². The van der Waals surface area contributed by atoms with Crippen molar-refractivity contribution in [3.8, 4) is 6.07 Å². The number of nitriles is 1. The quantitative estimate of drug-likeness (QED) is 0.429. The first kappa shape index (κ1) is 10.9. The Morgan fingerprint density at radius 1 is 1.62 bits per heavy atom. The van der Waals surface area contributed by atoms with Crippen LogP contribution in [0.4, 0.5) is 4.79 Å². The van der Waals surface area contributed by atoms with Crippen molar-refractivity contribution in [2.45, 2.75) is 0 Å². The minimum Gasteiger partial charge on any atom is -0.398 e. The number of urea groups is 1. The van der Waals surface area contributed by atoms with Gasteiger partial charge in [0.15, 0.2) is 0 Å². The number of rotatable bonds is 2. The molecule has 0 saturated carbocycles. The zero-order valence-electron chi connectivity index (χ0n) is 6.83. The summed E-state index contributed by atoms with van der Waals surface area (Å²) in [4.78, 5) is 25.6. The summed E-state index contributed by atoms with van der Waals surface area (Å²) < 4.78 is 0. The van der Waals surface area contributed by atoms with E-state index in [9.17, 15) is 9.59 Å². The van der Waals surface area contributed by atoms with Crippen LogP contribution >= 0.6 is 0 Å². The van der Waals surface area contributed by atoms with Crippen LogP contribution in [0.2, 0.25) is 0 Å². The molecule has 69 valence electrons. The van der Waals surface area contributed by atoms with E-state index in [1.165, 1.54) is 13.2 Å². The second-order valence-electron chi connectivity index (χ2n) is 1.69. The Bertz CT molecular complexity index is 278. The van der Waals surface area contributed by atoms with Crippen molar-refractivity contribution in [2.24, 2.45) is 5.16 Å². The predicted octanol–water partition coefficient (Wildman–Crippen LogP) is -0.870. The fourth-order valence-electron chi connectivity index (χ4n) is 0.410. The van der Waals surface area contributed by atoms with Crippen LogP contribution in [-0.4, -0.2) is 24.8 Å².